The first kappa shape index (κ1) is 27.0. The highest BCUT2D eigenvalue weighted by molar-refractivity contribution is 6.19. The van der Waals surface area contributed by atoms with Crippen molar-refractivity contribution in [2.45, 2.75) is 50.5 Å². The van der Waals surface area contributed by atoms with E-state index in [-0.39, 0.29) is 44.5 Å². The van der Waals surface area contributed by atoms with Gasteiger partial charge in [0, 0.05) is 25.5 Å². The summed E-state index contributed by atoms with van der Waals surface area (Å²) in [4.78, 5) is 54.3. The highest BCUT2D eigenvalue weighted by Crippen LogP contribution is 2.37. The summed E-state index contributed by atoms with van der Waals surface area (Å²) in [5.74, 6) is -2.00. The van der Waals surface area contributed by atoms with E-state index in [9.17, 15) is 37.5 Å². The standard InChI is InChI=1S/C26H26F3N3O6/c1-38-19-10-8-16(9-11-19)15-31-20-12-13-30(21(33)6-3-7-22(34)35)23(20)24(36)32(25(31)37)18-5-2-4-17(14-18)26(27,28)29/h2,4-5,8-11,14,20,23H,3,6-7,12-13,15H2,1H3,(H,34,35)/p-1/t20-,23+/m1/s1. The number of imide groups is 1. The number of rotatable bonds is 8. The van der Waals surface area contributed by atoms with Crippen molar-refractivity contribution in [2.75, 3.05) is 18.6 Å². The van der Waals surface area contributed by atoms with Crippen molar-refractivity contribution in [2.24, 2.45) is 0 Å². The number of carboxylic acids is 1. The van der Waals surface area contributed by atoms with Crippen molar-refractivity contribution in [1.29, 1.82) is 0 Å². The number of alkyl halides is 3. The molecule has 202 valence electrons. The Hall–Kier alpha value is -4.09. The zero-order valence-corrected chi connectivity index (χ0v) is 20.4. The Bertz CT molecular complexity index is 1230. The lowest BCUT2D eigenvalue weighted by Gasteiger charge is -2.43. The molecule has 4 rings (SSSR count). The van der Waals surface area contributed by atoms with Gasteiger partial charge in [-0.1, -0.05) is 18.2 Å². The van der Waals surface area contributed by atoms with Gasteiger partial charge in [-0.3, -0.25) is 9.59 Å². The first-order valence-corrected chi connectivity index (χ1v) is 12.0. The van der Waals surface area contributed by atoms with E-state index >= 15 is 0 Å². The fraction of sp³-hybridized carbons (Fsp3) is 0.385. The summed E-state index contributed by atoms with van der Waals surface area (Å²) in [5, 5.41) is 10.7. The molecule has 0 N–H and O–H groups in total. The van der Waals surface area contributed by atoms with Gasteiger partial charge in [-0.05, 0) is 55.2 Å². The molecule has 2 atom stereocenters. The number of anilines is 1. The third kappa shape index (κ3) is 5.43. The van der Waals surface area contributed by atoms with E-state index in [1.165, 1.54) is 23.0 Å². The Balaban J connectivity index is 1.69. The van der Waals surface area contributed by atoms with Crippen LogP contribution >= 0.6 is 0 Å². The molecule has 2 aromatic carbocycles. The molecule has 12 heteroatoms. The van der Waals surface area contributed by atoms with Gasteiger partial charge in [-0.25, -0.2) is 9.69 Å². The number of fused-ring (bicyclic) bond motifs is 1. The van der Waals surface area contributed by atoms with Crippen molar-refractivity contribution in [3.8, 4) is 5.75 Å². The van der Waals surface area contributed by atoms with Gasteiger partial charge in [0.15, 0.2) is 0 Å². The van der Waals surface area contributed by atoms with Crippen LogP contribution in [0.2, 0.25) is 0 Å². The number of carboxylic acid groups (broad SMARTS) is 1. The maximum Gasteiger partial charge on any atom is 0.416 e. The number of urea groups is 1. The number of nitrogens with zero attached hydrogens (tertiary/aromatic N) is 3. The Morgan fingerprint density at radius 2 is 1.79 bits per heavy atom. The third-order valence-corrected chi connectivity index (χ3v) is 6.71. The van der Waals surface area contributed by atoms with E-state index in [1.807, 2.05) is 0 Å². The maximum absolute atomic E-state index is 13.6. The van der Waals surface area contributed by atoms with Crippen molar-refractivity contribution < 1.29 is 42.2 Å². The van der Waals surface area contributed by atoms with Crippen molar-refractivity contribution >= 4 is 29.5 Å². The van der Waals surface area contributed by atoms with Crippen LogP contribution in [0.1, 0.15) is 36.8 Å². The normalized spacial score (nSPS) is 19.5. The molecular weight excluding hydrogens is 507 g/mol. The average molecular weight is 532 g/mol. The smallest absolute Gasteiger partial charge is 0.416 e. The lowest BCUT2D eigenvalue weighted by atomic mass is 10.0. The molecule has 0 aliphatic carbocycles. The summed E-state index contributed by atoms with van der Waals surface area (Å²) in [5.41, 5.74) is -0.597. The number of halogens is 3. The van der Waals surface area contributed by atoms with E-state index in [0.717, 1.165) is 18.2 Å². The third-order valence-electron chi connectivity index (χ3n) is 6.71. The highest BCUT2D eigenvalue weighted by atomic mass is 19.4. The second kappa shape index (κ2) is 10.7. The zero-order chi connectivity index (χ0) is 27.6. The Labute approximate surface area is 216 Å². The monoisotopic (exact) mass is 532 g/mol. The molecule has 0 radical (unpaired) electrons. The Morgan fingerprint density at radius 3 is 2.42 bits per heavy atom. The lowest BCUT2D eigenvalue weighted by Crippen LogP contribution is -2.66. The number of carbonyl (C=O) groups excluding carboxylic acids is 4. The van der Waals surface area contributed by atoms with E-state index in [2.05, 4.69) is 0 Å². The second-order valence-corrected chi connectivity index (χ2v) is 9.09. The summed E-state index contributed by atoms with van der Waals surface area (Å²) < 4.78 is 45.4. The molecule has 4 amide bonds. The predicted molar refractivity (Wildman–Crippen MR) is 126 cm³/mol. The molecule has 2 aliphatic heterocycles. The van der Waals surface area contributed by atoms with Crippen molar-refractivity contribution in [1.82, 2.24) is 9.80 Å². The molecule has 0 saturated carbocycles. The molecule has 9 nitrogen and oxygen atoms in total. The lowest BCUT2D eigenvalue weighted by molar-refractivity contribution is -0.305. The molecular formula is C26H25F3N3O6-. The first-order chi connectivity index (χ1) is 18.0. The second-order valence-electron chi connectivity index (χ2n) is 9.09. The molecule has 0 spiro atoms. The van der Waals surface area contributed by atoms with Crippen LogP contribution in [-0.4, -0.2) is 59.4 Å². The molecule has 0 aromatic heterocycles. The van der Waals surface area contributed by atoms with Crippen molar-refractivity contribution in [3.63, 3.8) is 0 Å². The fourth-order valence-corrected chi connectivity index (χ4v) is 4.88. The molecule has 2 heterocycles. The number of carbonyl (C=O) groups is 4. The summed E-state index contributed by atoms with van der Waals surface area (Å²) in [6, 6.07) is 8.11. The molecule has 2 aliphatic rings. The number of hydrogen-bond donors (Lipinski definition) is 0. The Kier molecular flexibility index (Phi) is 7.61. The van der Waals surface area contributed by atoms with Gasteiger partial charge in [-0.2, -0.15) is 13.2 Å². The minimum Gasteiger partial charge on any atom is -0.550 e. The number of hydrogen-bond acceptors (Lipinski definition) is 6. The topological polar surface area (TPSA) is 110 Å². The van der Waals surface area contributed by atoms with E-state index in [4.69, 9.17) is 4.74 Å². The van der Waals surface area contributed by atoms with Crippen molar-refractivity contribution in [3.05, 3.63) is 59.7 Å². The number of methoxy groups -OCH3 is 1. The maximum atomic E-state index is 13.6. The number of aliphatic carboxylic acids is 1. The Morgan fingerprint density at radius 1 is 1.08 bits per heavy atom. The van der Waals surface area contributed by atoms with Crippen LogP contribution in [0.4, 0.5) is 23.7 Å². The quantitative estimate of drug-likeness (QED) is 0.517. The minimum absolute atomic E-state index is 0.00901. The largest absolute Gasteiger partial charge is 0.550 e. The van der Waals surface area contributed by atoms with Crippen LogP contribution in [-0.2, 0) is 27.1 Å². The minimum atomic E-state index is -4.70. The number of amides is 4. The molecule has 38 heavy (non-hydrogen) atoms. The van der Waals surface area contributed by atoms with Gasteiger partial charge in [-0.15, -0.1) is 0 Å². The molecule has 2 fully saturated rings. The van der Waals surface area contributed by atoms with Gasteiger partial charge < -0.3 is 24.4 Å². The van der Waals surface area contributed by atoms with E-state index < -0.39 is 47.6 Å². The number of likely N-dealkylation sites (tertiary alicyclic amines) is 1. The highest BCUT2D eigenvalue weighted by Gasteiger charge is 2.53. The first-order valence-electron chi connectivity index (χ1n) is 12.0. The van der Waals surface area contributed by atoms with Gasteiger partial charge >= 0.3 is 12.2 Å². The summed E-state index contributed by atoms with van der Waals surface area (Å²) in [6.07, 6.45) is -4.89. The average Bonchev–Trinajstić information content (AvgIpc) is 3.32. The van der Waals surface area contributed by atoms with Crippen LogP contribution < -0.4 is 14.7 Å². The van der Waals surface area contributed by atoms with E-state index in [0.29, 0.717) is 16.2 Å². The van der Waals surface area contributed by atoms with Gasteiger partial charge in [0.05, 0.1) is 24.4 Å². The van der Waals surface area contributed by atoms with Crippen LogP contribution in [0.3, 0.4) is 0 Å². The number of benzene rings is 2. The van der Waals surface area contributed by atoms with Gasteiger partial charge in [0.2, 0.25) is 5.91 Å². The van der Waals surface area contributed by atoms with Gasteiger partial charge in [0.1, 0.15) is 11.8 Å². The predicted octanol–water partition coefficient (Wildman–Crippen LogP) is 2.57. The van der Waals surface area contributed by atoms with Crippen LogP contribution in [0, 0.1) is 0 Å². The summed E-state index contributed by atoms with van der Waals surface area (Å²) >= 11 is 0. The molecule has 0 unspecified atom stereocenters. The van der Waals surface area contributed by atoms with Crippen LogP contribution in [0.15, 0.2) is 48.5 Å². The summed E-state index contributed by atoms with van der Waals surface area (Å²) in [6.45, 7) is 0.174. The summed E-state index contributed by atoms with van der Waals surface area (Å²) in [7, 11) is 1.50. The van der Waals surface area contributed by atoms with E-state index in [1.54, 1.807) is 24.3 Å². The fourth-order valence-electron chi connectivity index (χ4n) is 4.88. The molecule has 0 bridgehead atoms. The molecule has 2 saturated heterocycles. The SMILES string of the molecule is COc1ccc(CN2C(=O)N(c3cccc(C(F)(F)F)c3)C(=O)[C@@H]3[C@H]2CCN3C(=O)CCCC(=O)[O-])cc1. The number of ether oxygens (including phenoxy) is 1. The van der Waals surface area contributed by atoms with Crippen LogP contribution in [0.25, 0.3) is 0 Å². The zero-order valence-electron chi connectivity index (χ0n) is 20.4. The van der Waals surface area contributed by atoms with Gasteiger partial charge in [0.25, 0.3) is 5.91 Å². The molecule has 2 aromatic rings. The van der Waals surface area contributed by atoms with Crippen LogP contribution in [0.5, 0.6) is 5.75 Å².